The van der Waals surface area contributed by atoms with Crippen LogP contribution in [0.2, 0.25) is 0 Å². The van der Waals surface area contributed by atoms with Gasteiger partial charge in [-0.05, 0) is 28.7 Å². The minimum absolute atomic E-state index is 0.0580. The number of benzene rings is 1. The van der Waals surface area contributed by atoms with Crippen LogP contribution in [-0.4, -0.2) is 16.0 Å². The number of aromatic nitrogens is 1. The van der Waals surface area contributed by atoms with Crippen molar-refractivity contribution >= 4 is 40.0 Å². The second-order valence-corrected chi connectivity index (χ2v) is 4.42. The zero-order valence-corrected chi connectivity index (χ0v) is 10.9. The number of hydrogen-bond donors (Lipinski definition) is 1. The van der Waals surface area contributed by atoms with Crippen LogP contribution in [0.15, 0.2) is 35.1 Å². The van der Waals surface area contributed by atoms with E-state index in [2.05, 4.69) is 15.0 Å². The fourth-order valence-corrected chi connectivity index (χ4v) is 2.01. The molecule has 1 amide bonds. The van der Waals surface area contributed by atoms with Gasteiger partial charge >= 0.3 is 0 Å². The molecule has 0 spiro atoms. The average Bonchev–Trinajstić information content (AvgIpc) is 2.81. The van der Waals surface area contributed by atoms with Crippen LogP contribution in [-0.2, 0) is 0 Å². The number of rotatable bonds is 3. The number of carbonyl (C=O) groups excluding carboxylic acids is 1. The predicted molar refractivity (Wildman–Crippen MR) is 70.3 cm³/mol. The van der Waals surface area contributed by atoms with Crippen LogP contribution in [0, 0.1) is 13.7 Å². The summed E-state index contributed by atoms with van der Waals surface area (Å²) in [7, 11) is 0. The van der Waals surface area contributed by atoms with Crippen molar-refractivity contribution in [3.63, 3.8) is 0 Å². The zero-order chi connectivity index (χ0) is 13.1. The number of hydrogen-bond acceptors (Lipinski definition) is 5. The van der Waals surface area contributed by atoms with E-state index in [1.54, 1.807) is 0 Å². The maximum atomic E-state index is 11.8. The summed E-state index contributed by atoms with van der Waals surface area (Å²) in [6, 6.07) is 5.50. The minimum Gasteiger partial charge on any atom is -0.363 e. The fourth-order valence-electron chi connectivity index (χ4n) is 1.26. The largest absolute Gasteiger partial charge is 0.363 e. The van der Waals surface area contributed by atoms with Crippen LogP contribution in [0.5, 0.6) is 0 Å². The van der Waals surface area contributed by atoms with Gasteiger partial charge in [0.15, 0.2) is 5.82 Å². The van der Waals surface area contributed by atoms with Gasteiger partial charge in [-0.2, -0.15) is 0 Å². The van der Waals surface area contributed by atoms with Gasteiger partial charge in [0, 0.05) is 21.8 Å². The molecule has 0 saturated heterocycles. The second kappa shape index (κ2) is 5.12. The van der Waals surface area contributed by atoms with E-state index in [-0.39, 0.29) is 11.5 Å². The van der Waals surface area contributed by atoms with Crippen molar-refractivity contribution in [1.29, 1.82) is 0 Å². The summed E-state index contributed by atoms with van der Waals surface area (Å²) < 4.78 is 5.06. The summed E-state index contributed by atoms with van der Waals surface area (Å²) in [5.74, 6) is -0.114. The van der Waals surface area contributed by atoms with Gasteiger partial charge in [-0.25, -0.2) is 0 Å². The molecule has 0 aliphatic heterocycles. The Bertz CT molecular complexity index is 597. The lowest BCUT2D eigenvalue weighted by molar-refractivity contribution is -0.384. The Balaban J connectivity index is 2.23. The van der Waals surface area contributed by atoms with E-state index in [4.69, 9.17) is 0 Å². The van der Waals surface area contributed by atoms with E-state index in [0.717, 1.165) is 0 Å². The smallest absolute Gasteiger partial charge is 0.270 e. The molecule has 0 saturated carbocycles. The number of nitrogens with zero attached hydrogens (tertiary/aromatic N) is 2. The van der Waals surface area contributed by atoms with Crippen LogP contribution in [0.4, 0.5) is 11.5 Å². The third kappa shape index (κ3) is 2.64. The molecule has 0 atom stereocenters. The molecule has 7 nitrogen and oxygen atoms in total. The standard InChI is InChI=1S/C10H6IN3O4/c11-8-5-6(14(16)17)1-2-7(8)10(15)12-9-3-4-18-13-9/h1-5H,(H,12,13,15). The molecule has 8 heteroatoms. The summed E-state index contributed by atoms with van der Waals surface area (Å²) >= 11 is 1.87. The first-order valence-electron chi connectivity index (χ1n) is 4.73. The Labute approximate surface area is 114 Å². The molecule has 92 valence electrons. The highest BCUT2D eigenvalue weighted by Crippen LogP contribution is 2.20. The second-order valence-electron chi connectivity index (χ2n) is 3.26. The molecular formula is C10H6IN3O4. The van der Waals surface area contributed by atoms with Gasteiger partial charge in [0.25, 0.3) is 11.6 Å². The van der Waals surface area contributed by atoms with Gasteiger partial charge in [0.2, 0.25) is 0 Å². The molecule has 0 aliphatic rings. The highest BCUT2D eigenvalue weighted by Gasteiger charge is 2.15. The third-order valence-electron chi connectivity index (χ3n) is 2.09. The maximum Gasteiger partial charge on any atom is 0.270 e. The minimum atomic E-state index is -0.512. The summed E-state index contributed by atoms with van der Waals surface area (Å²) in [4.78, 5) is 21.9. The van der Waals surface area contributed by atoms with Crippen LogP contribution in [0.25, 0.3) is 0 Å². The van der Waals surface area contributed by atoms with Gasteiger partial charge in [0.05, 0.1) is 10.5 Å². The van der Waals surface area contributed by atoms with E-state index in [1.807, 2.05) is 22.6 Å². The first-order valence-corrected chi connectivity index (χ1v) is 5.81. The van der Waals surface area contributed by atoms with E-state index in [0.29, 0.717) is 9.13 Å². The molecule has 0 radical (unpaired) electrons. The van der Waals surface area contributed by atoms with E-state index in [9.17, 15) is 14.9 Å². The maximum absolute atomic E-state index is 11.8. The molecular weight excluding hydrogens is 353 g/mol. The molecule has 0 bridgehead atoms. The van der Waals surface area contributed by atoms with Crippen molar-refractivity contribution in [3.8, 4) is 0 Å². The van der Waals surface area contributed by atoms with E-state index < -0.39 is 10.8 Å². The summed E-state index contributed by atoms with van der Waals surface area (Å²) in [6.07, 6.45) is 1.33. The molecule has 18 heavy (non-hydrogen) atoms. The van der Waals surface area contributed by atoms with E-state index in [1.165, 1.54) is 30.5 Å². The van der Waals surface area contributed by atoms with Crippen LogP contribution in [0.3, 0.4) is 0 Å². The number of non-ortho nitro benzene ring substituents is 1. The fraction of sp³-hybridized carbons (Fsp3) is 0. The van der Waals surface area contributed by atoms with Crippen molar-refractivity contribution in [2.75, 3.05) is 5.32 Å². The Hall–Kier alpha value is -1.97. The Morgan fingerprint density at radius 2 is 2.22 bits per heavy atom. The monoisotopic (exact) mass is 359 g/mol. The third-order valence-corrected chi connectivity index (χ3v) is 2.98. The summed E-state index contributed by atoms with van der Waals surface area (Å²) in [6.45, 7) is 0. The molecule has 1 heterocycles. The summed E-state index contributed by atoms with van der Waals surface area (Å²) in [5.41, 5.74) is 0.279. The van der Waals surface area contributed by atoms with Crippen molar-refractivity contribution in [2.45, 2.75) is 0 Å². The quantitative estimate of drug-likeness (QED) is 0.516. The number of halogens is 1. The van der Waals surface area contributed by atoms with Crippen molar-refractivity contribution in [1.82, 2.24) is 5.16 Å². The Morgan fingerprint density at radius 3 is 2.78 bits per heavy atom. The number of nitro benzene ring substituents is 1. The average molecular weight is 359 g/mol. The van der Waals surface area contributed by atoms with Crippen molar-refractivity contribution in [2.24, 2.45) is 0 Å². The van der Waals surface area contributed by atoms with Gasteiger partial charge in [-0.3, -0.25) is 14.9 Å². The first-order chi connectivity index (χ1) is 8.58. The number of amides is 1. The number of carbonyl (C=O) groups is 1. The predicted octanol–water partition coefficient (Wildman–Crippen LogP) is 2.44. The summed E-state index contributed by atoms with van der Waals surface area (Å²) in [5, 5.41) is 16.6. The molecule has 1 aromatic carbocycles. The first kappa shape index (κ1) is 12.5. The molecule has 1 N–H and O–H groups in total. The molecule has 0 fully saturated rings. The van der Waals surface area contributed by atoms with Crippen LogP contribution < -0.4 is 5.32 Å². The van der Waals surface area contributed by atoms with Gasteiger partial charge in [-0.15, -0.1) is 0 Å². The molecule has 2 aromatic rings. The molecule has 0 unspecified atom stereocenters. The molecule has 1 aromatic heterocycles. The highest BCUT2D eigenvalue weighted by atomic mass is 127. The SMILES string of the molecule is O=C(Nc1ccon1)c1ccc([N+](=O)[O-])cc1I. The van der Waals surface area contributed by atoms with Gasteiger partial charge in [-0.1, -0.05) is 5.16 Å². The Morgan fingerprint density at radius 1 is 1.44 bits per heavy atom. The lowest BCUT2D eigenvalue weighted by Gasteiger charge is -2.03. The molecule has 0 aliphatic carbocycles. The highest BCUT2D eigenvalue weighted by molar-refractivity contribution is 14.1. The lowest BCUT2D eigenvalue weighted by atomic mass is 10.2. The van der Waals surface area contributed by atoms with E-state index >= 15 is 0 Å². The van der Waals surface area contributed by atoms with Crippen LogP contribution in [0.1, 0.15) is 10.4 Å². The van der Waals surface area contributed by atoms with Crippen molar-refractivity contribution < 1.29 is 14.2 Å². The van der Waals surface area contributed by atoms with Gasteiger partial charge in [0.1, 0.15) is 6.26 Å². The van der Waals surface area contributed by atoms with Crippen molar-refractivity contribution in [3.05, 3.63) is 49.8 Å². The topological polar surface area (TPSA) is 98.3 Å². The number of anilines is 1. The van der Waals surface area contributed by atoms with Crippen LogP contribution >= 0.6 is 22.6 Å². The lowest BCUT2D eigenvalue weighted by Crippen LogP contribution is -2.13. The zero-order valence-electron chi connectivity index (χ0n) is 8.79. The number of nitrogens with one attached hydrogen (secondary N) is 1. The molecule has 2 rings (SSSR count). The van der Waals surface area contributed by atoms with Gasteiger partial charge < -0.3 is 9.84 Å². The normalized spacial score (nSPS) is 10.1. The number of nitro groups is 1. The Kier molecular flexibility index (Phi) is 3.55.